The van der Waals surface area contributed by atoms with Gasteiger partial charge in [0.1, 0.15) is 12.4 Å². The Hall–Kier alpha value is -2.25. The van der Waals surface area contributed by atoms with Crippen molar-refractivity contribution < 1.29 is 17.9 Å². The van der Waals surface area contributed by atoms with Crippen molar-refractivity contribution in [3.63, 3.8) is 0 Å². The number of benzene rings is 2. The minimum atomic E-state index is -3.49. The predicted octanol–water partition coefficient (Wildman–Crippen LogP) is 4.69. The minimum Gasteiger partial charge on any atom is -0.492 e. The summed E-state index contributed by atoms with van der Waals surface area (Å²) < 4.78 is 31.3. The normalized spacial score (nSPS) is 11.8. The van der Waals surface area contributed by atoms with E-state index in [-0.39, 0.29) is 24.3 Å². The van der Waals surface area contributed by atoms with Gasteiger partial charge < -0.3 is 10.1 Å². The molecule has 0 unspecified atom stereocenters. The molecule has 0 aromatic heterocycles. The number of nitrogens with one attached hydrogen (secondary N) is 1. The van der Waals surface area contributed by atoms with Crippen LogP contribution < -0.4 is 14.4 Å². The van der Waals surface area contributed by atoms with Gasteiger partial charge in [-0.05, 0) is 54.2 Å². The maximum atomic E-state index is 12.2. The molecule has 8 heteroatoms. The SMILES string of the molecule is Cc1ccc(N(CCCC(=O)NCCOc2ccc(C(C)(C)C)cc2)S(C)(=O)=O)cc1Cl. The van der Waals surface area contributed by atoms with Gasteiger partial charge in [-0.1, -0.05) is 50.6 Å². The van der Waals surface area contributed by atoms with Crippen LogP contribution in [0.5, 0.6) is 5.75 Å². The molecule has 2 aromatic carbocycles. The summed E-state index contributed by atoms with van der Waals surface area (Å²) in [6.45, 7) is 9.26. The lowest BCUT2D eigenvalue weighted by Crippen LogP contribution is -2.33. The first kappa shape index (κ1) is 26.0. The third kappa shape index (κ3) is 8.02. The summed E-state index contributed by atoms with van der Waals surface area (Å²) in [4.78, 5) is 12.1. The average molecular weight is 481 g/mol. The number of carbonyl (C=O) groups excluding carboxylic acids is 1. The molecule has 0 fully saturated rings. The topological polar surface area (TPSA) is 75.7 Å². The average Bonchev–Trinajstić information content (AvgIpc) is 2.69. The highest BCUT2D eigenvalue weighted by Crippen LogP contribution is 2.25. The summed E-state index contributed by atoms with van der Waals surface area (Å²) in [7, 11) is -3.49. The molecule has 0 aliphatic heterocycles. The molecule has 0 spiro atoms. The Morgan fingerprint density at radius 1 is 1.12 bits per heavy atom. The summed E-state index contributed by atoms with van der Waals surface area (Å²) >= 11 is 6.14. The molecule has 1 amide bonds. The zero-order valence-corrected chi connectivity index (χ0v) is 21.0. The molecule has 2 rings (SSSR count). The Bertz CT molecular complexity index is 1020. The van der Waals surface area contributed by atoms with E-state index in [1.54, 1.807) is 18.2 Å². The first-order valence-electron chi connectivity index (χ1n) is 10.6. The van der Waals surface area contributed by atoms with Crippen molar-refractivity contribution in [1.29, 1.82) is 0 Å². The fourth-order valence-electron chi connectivity index (χ4n) is 3.11. The number of nitrogens with zero attached hydrogens (tertiary/aromatic N) is 1. The van der Waals surface area contributed by atoms with Crippen molar-refractivity contribution in [3.05, 3.63) is 58.6 Å². The van der Waals surface area contributed by atoms with E-state index in [0.717, 1.165) is 17.6 Å². The van der Waals surface area contributed by atoms with Crippen LogP contribution in [0.1, 0.15) is 44.7 Å². The molecule has 2 aromatic rings. The van der Waals surface area contributed by atoms with Crippen molar-refractivity contribution in [3.8, 4) is 5.75 Å². The van der Waals surface area contributed by atoms with Gasteiger partial charge in [0, 0.05) is 18.0 Å². The third-order valence-corrected chi connectivity index (χ3v) is 6.62. The summed E-state index contributed by atoms with van der Waals surface area (Å²) in [5, 5.41) is 3.31. The number of ether oxygens (including phenoxy) is 1. The van der Waals surface area contributed by atoms with Crippen LogP contribution in [-0.4, -0.2) is 40.3 Å². The molecule has 0 aliphatic carbocycles. The molecule has 0 aliphatic rings. The minimum absolute atomic E-state index is 0.0882. The molecule has 6 nitrogen and oxygen atoms in total. The highest BCUT2D eigenvalue weighted by Gasteiger charge is 2.18. The molecule has 0 saturated carbocycles. The van der Waals surface area contributed by atoms with Crippen LogP contribution in [-0.2, 0) is 20.2 Å². The third-order valence-electron chi connectivity index (χ3n) is 5.02. The van der Waals surface area contributed by atoms with Crippen LogP contribution in [0.2, 0.25) is 5.02 Å². The van der Waals surface area contributed by atoms with Crippen LogP contribution >= 0.6 is 11.6 Å². The standard InChI is InChI=1S/C24H33ClN2O4S/c1-18-8-11-20(17-22(18)25)27(32(5,29)30)15-6-7-23(28)26-14-16-31-21-12-9-19(10-13-21)24(2,3)4/h8-13,17H,6-7,14-16H2,1-5H3,(H,26,28). The fraction of sp³-hybridized carbons (Fsp3) is 0.458. The Balaban J connectivity index is 1.76. The first-order valence-corrected chi connectivity index (χ1v) is 12.8. The summed E-state index contributed by atoms with van der Waals surface area (Å²) in [6.07, 6.45) is 1.75. The van der Waals surface area contributed by atoms with Gasteiger partial charge in [0.15, 0.2) is 0 Å². The molecule has 1 N–H and O–H groups in total. The highest BCUT2D eigenvalue weighted by molar-refractivity contribution is 7.92. The number of hydrogen-bond acceptors (Lipinski definition) is 4. The van der Waals surface area contributed by atoms with Crippen LogP contribution in [0.3, 0.4) is 0 Å². The molecular weight excluding hydrogens is 448 g/mol. The van der Waals surface area contributed by atoms with Gasteiger partial charge in [-0.25, -0.2) is 8.42 Å². The van der Waals surface area contributed by atoms with Crippen LogP contribution in [0.25, 0.3) is 0 Å². The van der Waals surface area contributed by atoms with E-state index in [9.17, 15) is 13.2 Å². The van der Waals surface area contributed by atoms with Gasteiger partial charge in [-0.2, -0.15) is 0 Å². The molecule has 0 bridgehead atoms. The Kier molecular flexibility index (Phi) is 8.98. The van der Waals surface area contributed by atoms with Gasteiger partial charge in [0.25, 0.3) is 0 Å². The number of sulfonamides is 1. The van der Waals surface area contributed by atoms with Crippen molar-refractivity contribution in [1.82, 2.24) is 5.32 Å². The van der Waals surface area contributed by atoms with Gasteiger partial charge in [-0.15, -0.1) is 0 Å². The summed E-state index contributed by atoms with van der Waals surface area (Å²) in [6, 6.07) is 13.1. The largest absolute Gasteiger partial charge is 0.492 e. The second-order valence-corrected chi connectivity index (χ2v) is 11.2. The maximum Gasteiger partial charge on any atom is 0.232 e. The number of aryl methyl sites for hydroxylation is 1. The van der Waals surface area contributed by atoms with E-state index >= 15 is 0 Å². The van der Waals surface area contributed by atoms with E-state index in [1.165, 1.54) is 9.87 Å². The van der Waals surface area contributed by atoms with Crippen molar-refractivity contribution in [2.45, 2.75) is 46.0 Å². The molecular formula is C24H33ClN2O4S. The monoisotopic (exact) mass is 480 g/mol. The maximum absolute atomic E-state index is 12.2. The quantitative estimate of drug-likeness (QED) is 0.500. The molecule has 176 valence electrons. The van der Waals surface area contributed by atoms with Crippen molar-refractivity contribution in [2.75, 3.05) is 30.3 Å². The van der Waals surface area contributed by atoms with Crippen LogP contribution in [0.15, 0.2) is 42.5 Å². The molecule has 0 saturated heterocycles. The molecule has 0 radical (unpaired) electrons. The number of hydrogen-bond donors (Lipinski definition) is 1. The number of halogens is 1. The van der Waals surface area contributed by atoms with Gasteiger partial charge in [-0.3, -0.25) is 9.10 Å². The van der Waals surface area contributed by atoms with E-state index in [4.69, 9.17) is 16.3 Å². The lowest BCUT2D eigenvalue weighted by Gasteiger charge is -2.23. The molecule has 32 heavy (non-hydrogen) atoms. The molecule has 0 atom stereocenters. The van der Waals surface area contributed by atoms with E-state index < -0.39 is 10.0 Å². The fourth-order valence-corrected chi connectivity index (χ4v) is 4.24. The first-order chi connectivity index (χ1) is 14.9. The number of anilines is 1. The summed E-state index contributed by atoms with van der Waals surface area (Å²) in [5.41, 5.74) is 2.68. The van der Waals surface area contributed by atoms with Gasteiger partial charge in [0.05, 0.1) is 18.5 Å². The highest BCUT2D eigenvalue weighted by atomic mass is 35.5. The van der Waals surface area contributed by atoms with Gasteiger partial charge >= 0.3 is 0 Å². The van der Waals surface area contributed by atoms with E-state index in [2.05, 4.69) is 26.1 Å². The predicted molar refractivity (Wildman–Crippen MR) is 131 cm³/mol. The zero-order valence-electron chi connectivity index (χ0n) is 19.4. The lowest BCUT2D eigenvalue weighted by molar-refractivity contribution is -0.121. The smallest absolute Gasteiger partial charge is 0.232 e. The van der Waals surface area contributed by atoms with Gasteiger partial charge in [0.2, 0.25) is 15.9 Å². The van der Waals surface area contributed by atoms with Crippen molar-refractivity contribution in [2.24, 2.45) is 0 Å². The van der Waals surface area contributed by atoms with Crippen LogP contribution in [0.4, 0.5) is 5.69 Å². The van der Waals surface area contributed by atoms with E-state index in [0.29, 0.717) is 30.3 Å². The van der Waals surface area contributed by atoms with E-state index in [1.807, 2.05) is 31.2 Å². The summed E-state index contributed by atoms with van der Waals surface area (Å²) in [5.74, 6) is 0.611. The molecule has 0 heterocycles. The lowest BCUT2D eigenvalue weighted by atomic mass is 9.87. The number of rotatable bonds is 10. The Labute approximate surface area is 197 Å². The second kappa shape index (κ2) is 11.1. The second-order valence-electron chi connectivity index (χ2n) is 8.84. The zero-order chi connectivity index (χ0) is 23.9. The number of amides is 1. The van der Waals surface area contributed by atoms with Crippen molar-refractivity contribution >= 4 is 33.2 Å². The van der Waals surface area contributed by atoms with Crippen LogP contribution in [0, 0.1) is 6.92 Å². The Morgan fingerprint density at radius 2 is 1.78 bits per heavy atom. The number of carbonyl (C=O) groups is 1. The Morgan fingerprint density at radius 3 is 2.34 bits per heavy atom.